The number of hydrogen-bond donors (Lipinski definition) is 1. The molecule has 0 radical (unpaired) electrons. The first kappa shape index (κ1) is 19.5. The molecule has 27 heavy (non-hydrogen) atoms. The van der Waals surface area contributed by atoms with Crippen LogP contribution in [0.25, 0.3) is 0 Å². The highest BCUT2D eigenvalue weighted by Gasteiger charge is 2.47. The van der Waals surface area contributed by atoms with Gasteiger partial charge in [-0.25, -0.2) is 4.79 Å². The van der Waals surface area contributed by atoms with Crippen LogP contribution in [0.4, 0.5) is 4.79 Å². The lowest BCUT2D eigenvalue weighted by Gasteiger charge is -2.29. The molecule has 0 aliphatic heterocycles. The van der Waals surface area contributed by atoms with Crippen molar-refractivity contribution in [1.29, 1.82) is 0 Å². The Morgan fingerprint density at radius 2 is 1.96 bits per heavy atom. The summed E-state index contributed by atoms with van der Waals surface area (Å²) in [5, 5.41) is 3.11. The molecular weight excluding hydrogens is 342 g/mol. The Morgan fingerprint density at radius 3 is 2.74 bits per heavy atom. The van der Waals surface area contributed by atoms with E-state index in [1.54, 1.807) is 0 Å². The van der Waals surface area contributed by atoms with Gasteiger partial charge in [-0.1, -0.05) is 42.5 Å². The lowest BCUT2D eigenvalue weighted by Crippen LogP contribution is -2.43. The average Bonchev–Trinajstić information content (AvgIpc) is 3.29. The summed E-state index contributed by atoms with van der Waals surface area (Å²) < 4.78 is 10.1. The number of alkyl carbamates (subject to hydrolysis) is 1. The third kappa shape index (κ3) is 5.34. The van der Waals surface area contributed by atoms with Crippen molar-refractivity contribution in [2.45, 2.75) is 51.2 Å². The number of nitrogens with one attached hydrogen (secondary N) is 1. The largest absolute Gasteiger partial charge is 0.469 e. The minimum atomic E-state index is -0.333. The third-order valence-electron chi connectivity index (χ3n) is 5.82. The molecule has 0 spiro atoms. The highest BCUT2D eigenvalue weighted by Crippen LogP contribution is 2.49. The zero-order valence-corrected chi connectivity index (χ0v) is 15.9. The molecule has 1 N–H and O–H groups in total. The summed E-state index contributed by atoms with van der Waals surface area (Å²) in [5.41, 5.74) is 0.989. The summed E-state index contributed by atoms with van der Waals surface area (Å²) in [5.74, 6) is 1.39. The predicted octanol–water partition coefficient (Wildman–Crippen LogP) is 4.23. The first-order valence-electron chi connectivity index (χ1n) is 9.88. The van der Waals surface area contributed by atoms with E-state index >= 15 is 0 Å². The molecule has 2 aliphatic carbocycles. The molecule has 0 aromatic heterocycles. The second-order valence-corrected chi connectivity index (χ2v) is 7.54. The van der Waals surface area contributed by atoms with Gasteiger partial charge in [0, 0.05) is 18.4 Å². The Kier molecular flexibility index (Phi) is 6.91. The molecule has 1 amide bonds. The van der Waals surface area contributed by atoms with Gasteiger partial charge in [-0.15, -0.1) is 0 Å². The molecule has 1 aromatic carbocycles. The molecule has 0 saturated heterocycles. The van der Waals surface area contributed by atoms with Crippen LogP contribution < -0.4 is 5.32 Å². The number of rotatable bonds is 8. The van der Waals surface area contributed by atoms with Crippen molar-refractivity contribution in [1.82, 2.24) is 5.32 Å². The van der Waals surface area contributed by atoms with Crippen molar-refractivity contribution in [2.75, 3.05) is 7.11 Å². The van der Waals surface area contributed by atoms with Gasteiger partial charge in [0.25, 0.3) is 0 Å². The van der Waals surface area contributed by atoms with Crippen LogP contribution in [-0.4, -0.2) is 25.2 Å². The van der Waals surface area contributed by atoms with Gasteiger partial charge in [0.1, 0.15) is 6.61 Å². The van der Waals surface area contributed by atoms with Crippen LogP contribution in [0.3, 0.4) is 0 Å². The van der Waals surface area contributed by atoms with Gasteiger partial charge in [-0.3, -0.25) is 4.79 Å². The van der Waals surface area contributed by atoms with Crippen molar-refractivity contribution in [3.8, 4) is 0 Å². The fourth-order valence-electron chi connectivity index (χ4n) is 4.45. The van der Waals surface area contributed by atoms with Gasteiger partial charge < -0.3 is 14.8 Å². The summed E-state index contributed by atoms with van der Waals surface area (Å²) in [6.45, 7) is 0.293. The maximum Gasteiger partial charge on any atom is 0.407 e. The molecule has 2 saturated carbocycles. The Bertz CT molecular complexity index is 658. The predicted molar refractivity (Wildman–Crippen MR) is 103 cm³/mol. The molecule has 2 bridgehead atoms. The molecule has 5 heteroatoms. The minimum Gasteiger partial charge on any atom is -0.469 e. The van der Waals surface area contributed by atoms with Crippen molar-refractivity contribution in [3.63, 3.8) is 0 Å². The number of ether oxygens (including phenoxy) is 2. The normalized spacial score (nSPS) is 26.3. The standard InChI is InChI=1S/C22H29NO4/c1-26-20(24)11-7-3-6-10-19-17-12-13-18(14-17)21(19)23-22(25)27-15-16-8-4-2-5-9-16/h2,4-6,8-10,17-19,21H,3,7,11-15H2,1H3,(H,23,25). The molecule has 3 rings (SSSR count). The first-order chi connectivity index (χ1) is 13.2. The third-order valence-corrected chi connectivity index (χ3v) is 5.82. The zero-order valence-electron chi connectivity index (χ0n) is 15.9. The fourth-order valence-corrected chi connectivity index (χ4v) is 4.45. The summed E-state index contributed by atoms with van der Waals surface area (Å²) in [6.07, 6.45) is 9.75. The molecule has 4 atom stereocenters. The van der Waals surface area contributed by atoms with Crippen molar-refractivity contribution >= 4 is 12.1 Å². The average molecular weight is 371 g/mol. The van der Waals surface area contributed by atoms with Crippen LogP contribution in [-0.2, 0) is 20.9 Å². The van der Waals surface area contributed by atoms with Gasteiger partial charge >= 0.3 is 12.1 Å². The number of fused-ring (bicyclic) bond motifs is 2. The number of unbranched alkanes of at least 4 members (excludes halogenated alkanes) is 1. The number of amides is 1. The van der Waals surface area contributed by atoms with E-state index in [0.717, 1.165) is 18.4 Å². The first-order valence-corrected chi connectivity index (χ1v) is 9.88. The number of allylic oxidation sites excluding steroid dienone is 1. The summed E-state index contributed by atoms with van der Waals surface area (Å²) in [6, 6.07) is 9.88. The molecule has 2 fully saturated rings. The van der Waals surface area contributed by atoms with Crippen LogP contribution in [0.5, 0.6) is 0 Å². The van der Waals surface area contributed by atoms with Crippen LogP contribution in [0.2, 0.25) is 0 Å². The Balaban J connectivity index is 1.47. The quantitative estimate of drug-likeness (QED) is 0.422. The van der Waals surface area contributed by atoms with Crippen LogP contribution in [0.15, 0.2) is 42.5 Å². The maximum absolute atomic E-state index is 12.3. The monoisotopic (exact) mass is 371 g/mol. The number of esters is 1. The van der Waals surface area contributed by atoms with Crippen molar-refractivity contribution in [2.24, 2.45) is 17.8 Å². The van der Waals surface area contributed by atoms with Crippen molar-refractivity contribution in [3.05, 3.63) is 48.0 Å². The molecule has 2 aliphatic rings. The second kappa shape index (κ2) is 9.58. The van der Waals surface area contributed by atoms with E-state index in [2.05, 4.69) is 22.2 Å². The number of carbonyl (C=O) groups is 2. The van der Waals surface area contributed by atoms with Gasteiger partial charge in [-0.05, 0) is 49.5 Å². The maximum atomic E-state index is 12.3. The van der Waals surface area contributed by atoms with E-state index in [4.69, 9.17) is 4.74 Å². The van der Waals surface area contributed by atoms with E-state index in [1.165, 1.54) is 26.4 Å². The minimum absolute atomic E-state index is 0.156. The van der Waals surface area contributed by atoms with Crippen molar-refractivity contribution < 1.29 is 19.1 Å². The fraction of sp³-hybridized carbons (Fsp3) is 0.545. The molecule has 1 aromatic rings. The van der Waals surface area contributed by atoms with Crippen LogP contribution in [0.1, 0.15) is 44.1 Å². The molecular formula is C22H29NO4. The van der Waals surface area contributed by atoms with Gasteiger partial charge in [-0.2, -0.15) is 0 Å². The van der Waals surface area contributed by atoms with E-state index < -0.39 is 0 Å². The lowest BCUT2D eigenvalue weighted by atomic mass is 9.84. The molecule has 0 heterocycles. The Morgan fingerprint density at radius 1 is 1.19 bits per heavy atom. The second-order valence-electron chi connectivity index (χ2n) is 7.54. The zero-order chi connectivity index (χ0) is 19.1. The SMILES string of the molecule is COC(=O)CCCC=CC1C2CCC(C2)C1NC(=O)OCc1ccccc1. The number of methoxy groups -OCH3 is 1. The van der Waals surface area contributed by atoms with Gasteiger partial charge in [0.2, 0.25) is 0 Å². The van der Waals surface area contributed by atoms with Gasteiger partial charge in [0.05, 0.1) is 7.11 Å². The topological polar surface area (TPSA) is 64.6 Å². The van der Waals surface area contributed by atoms with Crippen LogP contribution >= 0.6 is 0 Å². The molecule has 4 unspecified atom stereocenters. The number of benzene rings is 1. The summed E-state index contributed by atoms with van der Waals surface area (Å²) >= 11 is 0. The molecule has 146 valence electrons. The highest BCUT2D eigenvalue weighted by molar-refractivity contribution is 5.69. The summed E-state index contributed by atoms with van der Waals surface area (Å²) in [7, 11) is 1.42. The molecule has 5 nitrogen and oxygen atoms in total. The van der Waals surface area contributed by atoms with E-state index in [1.807, 2.05) is 30.3 Å². The van der Waals surface area contributed by atoms with E-state index in [-0.39, 0.29) is 18.1 Å². The summed E-state index contributed by atoms with van der Waals surface area (Å²) in [4.78, 5) is 23.4. The highest BCUT2D eigenvalue weighted by atomic mass is 16.5. The Labute approximate surface area is 161 Å². The van der Waals surface area contributed by atoms with E-state index in [0.29, 0.717) is 30.8 Å². The van der Waals surface area contributed by atoms with Crippen LogP contribution in [0, 0.1) is 17.8 Å². The number of hydrogen-bond acceptors (Lipinski definition) is 4. The number of carbonyl (C=O) groups excluding carboxylic acids is 2. The van der Waals surface area contributed by atoms with E-state index in [9.17, 15) is 9.59 Å². The lowest BCUT2D eigenvalue weighted by molar-refractivity contribution is -0.140. The Hall–Kier alpha value is -2.30. The van der Waals surface area contributed by atoms with Gasteiger partial charge in [0.15, 0.2) is 0 Å². The smallest absolute Gasteiger partial charge is 0.407 e.